The van der Waals surface area contributed by atoms with Gasteiger partial charge in [0, 0.05) is 29.6 Å². The van der Waals surface area contributed by atoms with Crippen LogP contribution in [0.5, 0.6) is 11.5 Å². The van der Waals surface area contributed by atoms with Crippen LogP contribution in [-0.4, -0.2) is 18.3 Å². The molecule has 164 valence electrons. The number of benzene rings is 3. The number of fused-ring (bicyclic) bond motifs is 1. The number of ether oxygens (including phenoxy) is 1. The van der Waals surface area contributed by atoms with Gasteiger partial charge in [0.15, 0.2) is 0 Å². The van der Waals surface area contributed by atoms with Crippen molar-refractivity contribution in [1.82, 2.24) is 0 Å². The highest BCUT2D eigenvalue weighted by molar-refractivity contribution is 6.33. The number of para-hydroxylation sites is 1. The Kier molecular flexibility index (Phi) is 6.12. The summed E-state index contributed by atoms with van der Waals surface area (Å²) < 4.78 is 5.97. The molecule has 0 saturated carbocycles. The van der Waals surface area contributed by atoms with Crippen LogP contribution in [0.15, 0.2) is 71.7 Å². The first kappa shape index (κ1) is 22.2. The summed E-state index contributed by atoms with van der Waals surface area (Å²) in [4.78, 5) is 7.03. The number of aryl methyl sites for hydroxylation is 1. The minimum atomic E-state index is -0.0348. The number of rotatable bonds is 5. The summed E-state index contributed by atoms with van der Waals surface area (Å²) in [6, 6.07) is 19.9. The molecule has 0 N–H and O–H groups in total. The molecule has 1 heterocycles. The number of hydrogen-bond donors (Lipinski definition) is 0. The maximum absolute atomic E-state index is 6.66. The molecule has 0 bridgehead atoms. The molecule has 1 aliphatic rings. The fourth-order valence-corrected chi connectivity index (χ4v) is 4.54. The van der Waals surface area contributed by atoms with Crippen LogP contribution in [0.3, 0.4) is 0 Å². The highest BCUT2D eigenvalue weighted by atomic mass is 35.5. The van der Waals surface area contributed by atoms with Gasteiger partial charge >= 0.3 is 0 Å². The van der Waals surface area contributed by atoms with Crippen LogP contribution in [0.4, 0.5) is 11.4 Å². The Bertz CT molecular complexity index is 1190. The molecule has 0 unspecified atom stereocenters. The first-order valence-electron chi connectivity index (χ1n) is 11.0. The van der Waals surface area contributed by atoms with E-state index in [0.29, 0.717) is 5.02 Å². The Labute approximate surface area is 196 Å². The number of aliphatic imine (C=N–C) groups is 1. The predicted molar refractivity (Wildman–Crippen MR) is 137 cm³/mol. The zero-order valence-electron chi connectivity index (χ0n) is 19.3. The largest absolute Gasteiger partial charge is 0.457 e. The van der Waals surface area contributed by atoms with Crippen molar-refractivity contribution in [1.29, 1.82) is 0 Å². The smallest absolute Gasteiger partial charge is 0.130 e. The highest BCUT2D eigenvalue weighted by Gasteiger charge is 2.30. The fourth-order valence-electron chi connectivity index (χ4n) is 4.33. The van der Waals surface area contributed by atoms with Crippen LogP contribution < -0.4 is 9.64 Å². The lowest BCUT2D eigenvalue weighted by atomic mass is 9.88. The highest BCUT2D eigenvalue weighted by Crippen LogP contribution is 2.41. The molecule has 0 amide bonds. The standard InChI is InChI=1S/C28H29ClN2O/c1-6-31-26-16-25(29)21(15-24(26)20(3)17-28(31,4)5)18-30-22-11-13-23(14-12-22)32-27-10-8-7-9-19(27)2/h7-18H,6H2,1-5H3. The number of nitrogens with zero attached hydrogens (tertiary/aromatic N) is 2. The van der Waals surface area contributed by atoms with E-state index in [1.807, 2.05) is 61.7 Å². The van der Waals surface area contributed by atoms with E-state index in [9.17, 15) is 0 Å². The van der Waals surface area contributed by atoms with Gasteiger partial charge < -0.3 is 9.64 Å². The lowest BCUT2D eigenvalue weighted by Gasteiger charge is -2.43. The number of halogens is 1. The van der Waals surface area contributed by atoms with E-state index in [0.717, 1.165) is 34.9 Å². The van der Waals surface area contributed by atoms with Gasteiger partial charge in [-0.05, 0) is 88.2 Å². The van der Waals surface area contributed by atoms with Crippen molar-refractivity contribution in [3.8, 4) is 11.5 Å². The van der Waals surface area contributed by atoms with Gasteiger partial charge in [0.25, 0.3) is 0 Å². The molecule has 32 heavy (non-hydrogen) atoms. The molecule has 3 aromatic carbocycles. The Morgan fingerprint density at radius 2 is 1.75 bits per heavy atom. The van der Waals surface area contributed by atoms with Crippen molar-refractivity contribution < 1.29 is 4.74 Å². The molecule has 0 saturated heterocycles. The molecule has 4 rings (SSSR count). The van der Waals surface area contributed by atoms with E-state index >= 15 is 0 Å². The van der Waals surface area contributed by atoms with Gasteiger partial charge in [-0.25, -0.2) is 0 Å². The second kappa shape index (κ2) is 8.84. The van der Waals surface area contributed by atoms with Crippen molar-refractivity contribution in [3.05, 3.63) is 88.5 Å². The van der Waals surface area contributed by atoms with Crippen LogP contribution in [0.2, 0.25) is 5.02 Å². The van der Waals surface area contributed by atoms with E-state index in [1.165, 1.54) is 16.8 Å². The minimum absolute atomic E-state index is 0.0348. The predicted octanol–water partition coefficient (Wildman–Crippen LogP) is 8.21. The molecule has 0 fully saturated rings. The lowest BCUT2D eigenvalue weighted by Crippen LogP contribution is -2.44. The molecular formula is C28H29ClN2O. The van der Waals surface area contributed by atoms with Gasteiger partial charge in [0.05, 0.1) is 16.2 Å². The zero-order chi connectivity index (χ0) is 22.9. The van der Waals surface area contributed by atoms with Gasteiger partial charge in [0.1, 0.15) is 11.5 Å². The van der Waals surface area contributed by atoms with Crippen molar-refractivity contribution in [2.75, 3.05) is 11.4 Å². The molecular weight excluding hydrogens is 416 g/mol. The number of hydrogen-bond acceptors (Lipinski definition) is 3. The van der Waals surface area contributed by atoms with Crippen LogP contribution in [0.1, 0.15) is 44.4 Å². The summed E-state index contributed by atoms with van der Waals surface area (Å²) in [7, 11) is 0. The Hall–Kier alpha value is -3.04. The first-order valence-corrected chi connectivity index (χ1v) is 11.3. The summed E-state index contributed by atoms with van der Waals surface area (Å²) in [6.45, 7) is 11.8. The summed E-state index contributed by atoms with van der Waals surface area (Å²) in [6.07, 6.45) is 4.16. The summed E-state index contributed by atoms with van der Waals surface area (Å²) in [5.74, 6) is 1.64. The number of likely N-dealkylation sites (N-methyl/N-ethyl adjacent to an activating group) is 1. The van der Waals surface area contributed by atoms with Gasteiger partial charge in [-0.15, -0.1) is 0 Å². The molecule has 3 nitrogen and oxygen atoms in total. The average molecular weight is 445 g/mol. The Morgan fingerprint density at radius 3 is 2.44 bits per heavy atom. The van der Waals surface area contributed by atoms with Crippen LogP contribution >= 0.6 is 11.6 Å². The maximum atomic E-state index is 6.66. The van der Waals surface area contributed by atoms with Crippen molar-refractivity contribution >= 4 is 34.8 Å². The van der Waals surface area contributed by atoms with Gasteiger partial charge in [-0.2, -0.15) is 0 Å². The molecule has 0 aromatic heterocycles. The van der Waals surface area contributed by atoms with Gasteiger partial charge in [-0.1, -0.05) is 35.9 Å². The van der Waals surface area contributed by atoms with Gasteiger partial charge in [-0.3, -0.25) is 4.99 Å². The molecule has 1 aliphatic heterocycles. The van der Waals surface area contributed by atoms with Crippen LogP contribution in [-0.2, 0) is 0 Å². The van der Waals surface area contributed by atoms with Gasteiger partial charge in [0.2, 0.25) is 0 Å². The summed E-state index contributed by atoms with van der Waals surface area (Å²) in [5, 5.41) is 0.705. The second-order valence-corrected chi connectivity index (χ2v) is 9.14. The van der Waals surface area contributed by atoms with E-state index in [2.05, 4.69) is 55.8 Å². The first-order chi connectivity index (χ1) is 15.3. The third-order valence-corrected chi connectivity index (χ3v) is 6.25. The maximum Gasteiger partial charge on any atom is 0.130 e. The molecule has 4 heteroatoms. The van der Waals surface area contributed by atoms with E-state index in [-0.39, 0.29) is 5.54 Å². The topological polar surface area (TPSA) is 24.8 Å². The minimum Gasteiger partial charge on any atom is -0.457 e. The molecule has 0 spiro atoms. The molecule has 3 aromatic rings. The van der Waals surface area contributed by atoms with Crippen molar-refractivity contribution in [3.63, 3.8) is 0 Å². The molecule has 0 aliphatic carbocycles. The van der Waals surface area contributed by atoms with Crippen LogP contribution in [0.25, 0.3) is 5.57 Å². The average Bonchev–Trinajstić information content (AvgIpc) is 2.75. The van der Waals surface area contributed by atoms with E-state index in [4.69, 9.17) is 16.3 Å². The summed E-state index contributed by atoms with van der Waals surface area (Å²) in [5.41, 5.74) is 6.47. The summed E-state index contributed by atoms with van der Waals surface area (Å²) >= 11 is 6.66. The monoisotopic (exact) mass is 444 g/mol. The number of allylic oxidation sites excluding steroid dienone is 1. The Balaban J connectivity index is 1.56. The molecule has 0 radical (unpaired) electrons. The zero-order valence-corrected chi connectivity index (χ0v) is 20.1. The van der Waals surface area contributed by atoms with Crippen molar-refractivity contribution in [2.45, 2.75) is 40.2 Å². The van der Waals surface area contributed by atoms with Crippen molar-refractivity contribution in [2.24, 2.45) is 4.99 Å². The van der Waals surface area contributed by atoms with Crippen LogP contribution in [0, 0.1) is 6.92 Å². The number of anilines is 1. The van der Waals surface area contributed by atoms with E-state index in [1.54, 1.807) is 0 Å². The quantitative estimate of drug-likeness (QED) is 0.370. The van der Waals surface area contributed by atoms with E-state index < -0.39 is 0 Å². The normalized spacial score (nSPS) is 14.9. The Morgan fingerprint density at radius 1 is 1.03 bits per heavy atom. The molecule has 0 atom stereocenters. The second-order valence-electron chi connectivity index (χ2n) is 8.74. The third-order valence-electron chi connectivity index (χ3n) is 5.92. The lowest BCUT2D eigenvalue weighted by molar-refractivity contribution is 0.479. The SMILES string of the molecule is CCN1c2cc(Cl)c(C=Nc3ccc(Oc4ccccc4C)cc3)cc2C(C)=CC1(C)C. The fraction of sp³-hybridized carbons (Fsp3) is 0.250. The third kappa shape index (κ3) is 4.44.